The summed E-state index contributed by atoms with van der Waals surface area (Å²) in [6.45, 7) is 0.391. The average Bonchev–Trinajstić information content (AvgIpc) is 3.11. The lowest BCUT2D eigenvalue weighted by Gasteiger charge is -2.20. The first-order chi connectivity index (χ1) is 11.6. The molecule has 2 aliphatic rings. The van der Waals surface area contributed by atoms with Gasteiger partial charge in [0.25, 0.3) is 11.8 Å². The standard InChI is InChI=1S/C17H13FN4O2/c18-12-6-8-13(9-7-12)22-16(23)14-15(17(22)24)21(20-19-14)10-11-4-2-1-3-5-11/h1-9,14-15H,10H2/t14-,15-/m1/s1. The van der Waals surface area contributed by atoms with Crippen LogP contribution in [0.4, 0.5) is 10.1 Å². The zero-order chi connectivity index (χ0) is 16.7. The fourth-order valence-corrected chi connectivity index (χ4v) is 2.97. The van der Waals surface area contributed by atoms with Gasteiger partial charge in [0.15, 0.2) is 12.1 Å². The highest BCUT2D eigenvalue weighted by Gasteiger charge is 2.54. The van der Waals surface area contributed by atoms with Crippen LogP contribution in [0, 0.1) is 5.82 Å². The molecule has 0 radical (unpaired) electrons. The molecule has 7 heteroatoms. The Kier molecular flexibility index (Phi) is 3.34. The zero-order valence-electron chi connectivity index (χ0n) is 12.5. The fourth-order valence-electron chi connectivity index (χ4n) is 2.97. The summed E-state index contributed by atoms with van der Waals surface area (Å²) >= 11 is 0. The van der Waals surface area contributed by atoms with Crippen LogP contribution in [0.5, 0.6) is 0 Å². The third kappa shape index (κ3) is 2.25. The van der Waals surface area contributed by atoms with E-state index in [1.165, 1.54) is 29.3 Å². The average molecular weight is 324 g/mol. The lowest BCUT2D eigenvalue weighted by Crippen LogP contribution is -2.39. The summed E-state index contributed by atoms with van der Waals surface area (Å²) in [4.78, 5) is 26.3. The summed E-state index contributed by atoms with van der Waals surface area (Å²) in [6.07, 6.45) is 0. The largest absolute Gasteiger partial charge is 0.271 e. The van der Waals surface area contributed by atoms with Crippen LogP contribution in [0.1, 0.15) is 5.56 Å². The normalized spacial score (nSPS) is 22.4. The Labute approximate surface area is 137 Å². The highest BCUT2D eigenvalue weighted by molar-refractivity contribution is 6.25. The van der Waals surface area contributed by atoms with Crippen LogP contribution in [-0.4, -0.2) is 28.9 Å². The van der Waals surface area contributed by atoms with Crippen molar-refractivity contribution in [2.45, 2.75) is 18.6 Å². The van der Waals surface area contributed by atoms with Crippen molar-refractivity contribution in [2.75, 3.05) is 4.90 Å². The summed E-state index contributed by atoms with van der Waals surface area (Å²) in [5.74, 6) is -1.25. The number of imide groups is 1. The fraction of sp³-hybridized carbons (Fsp3) is 0.176. The number of nitrogens with zero attached hydrogens (tertiary/aromatic N) is 4. The third-order valence-electron chi connectivity index (χ3n) is 4.13. The molecule has 2 atom stereocenters. The topological polar surface area (TPSA) is 65.3 Å². The zero-order valence-corrected chi connectivity index (χ0v) is 12.5. The van der Waals surface area contributed by atoms with Gasteiger partial charge in [0, 0.05) is 0 Å². The minimum absolute atomic E-state index is 0.343. The Hall–Kier alpha value is -3.09. The number of carbonyl (C=O) groups excluding carboxylic acids is 2. The molecule has 0 bridgehead atoms. The highest BCUT2D eigenvalue weighted by atomic mass is 19.1. The molecule has 120 valence electrons. The van der Waals surface area contributed by atoms with Gasteiger partial charge in [-0.25, -0.2) is 9.29 Å². The van der Waals surface area contributed by atoms with E-state index >= 15 is 0 Å². The minimum Gasteiger partial charge on any atom is -0.271 e. The summed E-state index contributed by atoms with van der Waals surface area (Å²) < 4.78 is 13.1. The van der Waals surface area contributed by atoms with Crippen molar-refractivity contribution in [1.82, 2.24) is 5.01 Å². The lowest BCUT2D eigenvalue weighted by molar-refractivity contribution is -0.123. The highest BCUT2D eigenvalue weighted by Crippen LogP contribution is 2.32. The predicted octanol–water partition coefficient (Wildman–Crippen LogP) is 2.32. The van der Waals surface area contributed by atoms with E-state index in [4.69, 9.17) is 0 Å². The molecule has 0 aliphatic carbocycles. The quantitative estimate of drug-likeness (QED) is 0.814. The van der Waals surface area contributed by atoms with Crippen LogP contribution in [0.15, 0.2) is 64.9 Å². The van der Waals surface area contributed by atoms with E-state index in [-0.39, 0.29) is 0 Å². The van der Waals surface area contributed by atoms with E-state index in [2.05, 4.69) is 10.3 Å². The van der Waals surface area contributed by atoms with E-state index < -0.39 is 29.7 Å². The maximum absolute atomic E-state index is 13.1. The summed E-state index contributed by atoms with van der Waals surface area (Å²) in [7, 11) is 0. The maximum atomic E-state index is 13.1. The second-order valence-corrected chi connectivity index (χ2v) is 5.67. The lowest BCUT2D eigenvalue weighted by atomic mass is 10.1. The Balaban J connectivity index is 1.61. The predicted molar refractivity (Wildman–Crippen MR) is 83.3 cm³/mol. The van der Waals surface area contributed by atoms with Crippen molar-refractivity contribution in [3.8, 4) is 0 Å². The molecule has 6 nitrogen and oxygen atoms in total. The number of anilines is 1. The van der Waals surface area contributed by atoms with Crippen molar-refractivity contribution in [2.24, 2.45) is 10.3 Å². The molecule has 0 aromatic heterocycles. The van der Waals surface area contributed by atoms with E-state index in [0.29, 0.717) is 12.2 Å². The number of amides is 2. The summed E-state index contributed by atoms with van der Waals surface area (Å²) in [5.41, 5.74) is 1.31. The van der Waals surface area contributed by atoms with Gasteiger partial charge in [-0.15, -0.1) is 0 Å². The summed E-state index contributed by atoms with van der Waals surface area (Å²) in [5, 5.41) is 9.48. The van der Waals surface area contributed by atoms with E-state index in [1.54, 1.807) is 0 Å². The molecule has 2 amide bonds. The molecule has 1 saturated heterocycles. The molecular formula is C17H13FN4O2. The first-order valence-corrected chi connectivity index (χ1v) is 7.50. The molecule has 0 spiro atoms. The van der Waals surface area contributed by atoms with Crippen molar-refractivity contribution in [3.63, 3.8) is 0 Å². The Bertz CT molecular complexity index is 822. The number of hydrogen-bond acceptors (Lipinski definition) is 5. The van der Waals surface area contributed by atoms with Crippen LogP contribution in [0.25, 0.3) is 0 Å². The van der Waals surface area contributed by atoms with Gasteiger partial charge in [0.2, 0.25) is 0 Å². The van der Waals surface area contributed by atoms with Gasteiger partial charge in [-0.2, -0.15) is 5.11 Å². The summed E-state index contributed by atoms with van der Waals surface area (Å²) in [6, 6.07) is 13.2. The Morgan fingerprint density at radius 3 is 2.38 bits per heavy atom. The molecule has 0 unspecified atom stereocenters. The molecule has 2 heterocycles. The molecule has 4 rings (SSSR count). The number of hydrogen-bond donors (Lipinski definition) is 0. The van der Waals surface area contributed by atoms with Crippen LogP contribution in [-0.2, 0) is 16.1 Å². The number of fused-ring (bicyclic) bond motifs is 1. The number of halogens is 1. The van der Waals surface area contributed by atoms with Gasteiger partial charge >= 0.3 is 0 Å². The van der Waals surface area contributed by atoms with Crippen LogP contribution >= 0.6 is 0 Å². The van der Waals surface area contributed by atoms with Crippen LogP contribution in [0.3, 0.4) is 0 Å². The Morgan fingerprint density at radius 2 is 1.67 bits per heavy atom. The van der Waals surface area contributed by atoms with Gasteiger partial charge in [0.1, 0.15) is 5.82 Å². The van der Waals surface area contributed by atoms with Crippen molar-refractivity contribution < 1.29 is 14.0 Å². The van der Waals surface area contributed by atoms with Crippen molar-refractivity contribution in [3.05, 3.63) is 66.0 Å². The smallest absolute Gasteiger partial charge is 0.263 e. The van der Waals surface area contributed by atoms with Gasteiger partial charge in [-0.1, -0.05) is 35.6 Å². The molecule has 2 aromatic rings. The van der Waals surface area contributed by atoms with Gasteiger partial charge in [-0.3, -0.25) is 14.6 Å². The van der Waals surface area contributed by atoms with Gasteiger partial charge < -0.3 is 0 Å². The number of benzene rings is 2. The monoisotopic (exact) mass is 324 g/mol. The first-order valence-electron chi connectivity index (χ1n) is 7.50. The third-order valence-corrected chi connectivity index (χ3v) is 4.13. The first kappa shape index (κ1) is 14.5. The molecule has 0 saturated carbocycles. The van der Waals surface area contributed by atoms with Crippen LogP contribution < -0.4 is 4.90 Å². The Morgan fingerprint density at radius 1 is 0.958 bits per heavy atom. The second-order valence-electron chi connectivity index (χ2n) is 5.67. The molecule has 24 heavy (non-hydrogen) atoms. The van der Waals surface area contributed by atoms with E-state index in [0.717, 1.165) is 10.5 Å². The van der Waals surface area contributed by atoms with Gasteiger partial charge in [0.05, 0.1) is 12.2 Å². The molecule has 2 aliphatic heterocycles. The SMILES string of the molecule is O=C1[C@@H]2N=NN(Cc3ccccc3)[C@H]2C(=O)N1c1ccc(F)cc1. The van der Waals surface area contributed by atoms with Crippen molar-refractivity contribution >= 4 is 17.5 Å². The van der Waals surface area contributed by atoms with Gasteiger partial charge in [-0.05, 0) is 29.8 Å². The molecular weight excluding hydrogens is 311 g/mol. The number of carbonyl (C=O) groups is 2. The molecule has 1 fully saturated rings. The number of rotatable bonds is 3. The van der Waals surface area contributed by atoms with E-state index in [1.807, 2.05) is 30.3 Å². The van der Waals surface area contributed by atoms with Crippen LogP contribution in [0.2, 0.25) is 0 Å². The molecule has 0 N–H and O–H groups in total. The van der Waals surface area contributed by atoms with E-state index in [9.17, 15) is 14.0 Å². The molecule has 2 aromatic carbocycles. The second kappa shape index (κ2) is 5.52. The maximum Gasteiger partial charge on any atom is 0.263 e. The minimum atomic E-state index is -0.841. The van der Waals surface area contributed by atoms with Crippen molar-refractivity contribution in [1.29, 1.82) is 0 Å².